The lowest BCUT2D eigenvalue weighted by Gasteiger charge is -2.31. The minimum atomic E-state index is 0.773. The van der Waals surface area contributed by atoms with E-state index in [-0.39, 0.29) is 0 Å². The number of methoxy groups -OCH3 is 1. The molecule has 0 aliphatic carbocycles. The van der Waals surface area contributed by atoms with Crippen molar-refractivity contribution in [1.29, 1.82) is 0 Å². The molecule has 1 aromatic rings. The molecule has 0 saturated heterocycles. The number of fused-ring (bicyclic) bond motifs is 1. The van der Waals surface area contributed by atoms with Crippen LogP contribution in [0.1, 0.15) is 30.9 Å². The number of aryl methyl sites for hydroxylation is 1. The predicted octanol–water partition coefficient (Wildman–Crippen LogP) is 2.59. The Morgan fingerprint density at radius 2 is 2.26 bits per heavy atom. The van der Waals surface area contributed by atoms with Crippen molar-refractivity contribution >= 4 is 5.69 Å². The first-order valence-corrected chi connectivity index (χ1v) is 7.41. The van der Waals surface area contributed by atoms with E-state index in [0.717, 1.165) is 19.7 Å². The van der Waals surface area contributed by atoms with Crippen LogP contribution in [0.15, 0.2) is 18.2 Å². The molecule has 1 aromatic carbocycles. The minimum absolute atomic E-state index is 0.773. The van der Waals surface area contributed by atoms with Crippen LogP contribution in [-0.4, -0.2) is 33.4 Å². The Morgan fingerprint density at radius 3 is 3.05 bits per heavy atom. The average molecular weight is 262 g/mol. The third-order valence-electron chi connectivity index (χ3n) is 3.66. The van der Waals surface area contributed by atoms with Gasteiger partial charge in [-0.2, -0.15) is 0 Å². The largest absolute Gasteiger partial charge is 0.383 e. The molecule has 0 fully saturated rings. The molecule has 106 valence electrons. The normalized spacial score (nSPS) is 14.5. The van der Waals surface area contributed by atoms with Crippen molar-refractivity contribution < 1.29 is 4.74 Å². The number of rotatable bonds is 7. The number of hydrogen-bond acceptors (Lipinski definition) is 3. The monoisotopic (exact) mass is 262 g/mol. The maximum atomic E-state index is 5.04. The maximum absolute atomic E-state index is 5.04. The lowest BCUT2D eigenvalue weighted by molar-refractivity contribution is 0.199. The number of hydrogen-bond donors (Lipinski definition) is 1. The lowest BCUT2D eigenvalue weighted by Crippen LogP contribution is -2.30. The van der Waals surface area contributed by atoms with Crippen LogP contribution in [0.4, 0.5) is 5.69 Å². The molecule has 1 heterocycles. The van der Waals surface area contributed by atoms with Crippen LogP contribution in [0.5, 0.6) is 0 Å². The number of nitrogens with one attached hydrogen (secondary N) is 1. The molecule has 3 heteroatoms. The summed E-state index contributed by atoms with van der Waals surface area (Å²) < 4.78 is 5.04. The average Bonchev–Trinajstić information content (AvgIpc) is 2.44. The molecule has 0 unspecified atom stereocenters. The molecule has 3 nitrogen and oxygen atoms in total. The fraction of sp³-hybridized carbons (Fsp3) is 0.625. The number of anilines is 1. The zero-order valence-electron chi connectivity index (χ0n) is 12.2. The highest BCUT2D eigenvalue weighted by Gasteiger charge is 2.15. The molecule has 0 spiro atoms. The fourth-order valence-electron chi connectivity index (χ4n) is 2.75. The van der Waals surface area contributed by atoms with E-state index in [1.807, 2.05) is 0 Å². The van der Waals surface area contributed by atoms with Gasteiger partial charge in [-0.05, 0) is 36.5 Å². The van der Waals surface area contributed by atoms with Gasteiger partial charge < -0.3 is 15.0 Å². The van der Waals surface area contributed by atoms with Gasteiger partial charge in [-0.3, -0.25) is 0 Å². The van der Waals surface area contributed by atoms with Gasteiger partial charge in [0.05, 0.1) is 6.61 Å². The molecule has 0 radical (unpaired) electrons. The zero-order chi connectivity index (χ0) is 13.5. The van der Waals surface area contributed by atoms with Gasteiger partial charge in [0.2, 0.25) is 0 Å². The van der Waals surface area contributed by atoms with Crippen molar-refractivity contribution in [2.75, 3.05) is 38.3 Å². The molecule has 1 N–H and O–H groups in total. The second-order valence-electron chi connectivity index (χ2n) is 5.22. The molecule has 19 heavy (non-hydrogen) atoms. The van der Waals surface area contributed by atoms with Gasteiger partial charge in [0.25, 0.3) is 0 Å². The molecular weight excluding hydrogens is 236 g/mol. The maximum Gasteiger partial charge on any atom is 0.0587 e. The van der Waals surface area contributed by atoms with Gasteiger partial charge in [-0.1, -0.05) is 19.1 Å². The first-order valence-electron chi connectivity index (χ1n) is 7.41. The van der Waals surface area contributed by atoms with Gasteiger partial charge >= 0.3 is 0 Å². The van der Waals surface area contributed by atoms with Gasteiger partial charge in [0, 0.05) is 39.0 Å². The molecule has 0 bridgehead atoms. The van der Waals surface area contributed by atoms with Crippen molar-refractivity contribution in [2.45, 2.75) is 32.7 Å². The molecular formula is C16H26N2O. The highest BCUT2D eigenvalue weighted by Crippen LogP contribution is 2.28. The Bertz CT molecular complexity index is 392. The molecule has 0 aromatic heterocycles. The van der Waals surface area contributed by atoms with E-state index in [0.29, 0.717) is 0 Å². The summed E-state index contributed by atoms with van der Waals surface area (Å²) in [5.74, 6) is 0. The second kappa shape index (κ2) is 7.51. The first-order chi connectivity index (χ1) is 9.35. The Labute approximate surface area is 116 Å². The highest BCUT2D eigenvalue weighted by atomic mass is 16.5. The molecule has 0 saturated carbocycles. The van der Waals surface area contributed by atoms with Gasteiger partial charge in [-0.15, -0.1) is 0 Å². The lowest BCUT2D eigenvalue weighted by atomic mass is 9.99. The van der Waals surface area contributed by atoms with E-state index in [1.165, 1.54) is 49.2 Å². The second-order valence-corrected chi connectivity index (χ2v) is 5.22. The third-order valence-corrected chi connectivity index (χ3v) is 3.66. The van der Waals surface area contributed by atoms with Crippen LogP contribution in [0.25, 0.3) is 0 Å². The van der Waals surface area contributed by atoms with Gasteiger partial charge in [0.1, 0.15) is 0 Å². The smallest absolute Gasteiger partial charge is 0.0587 e. The van der Waals surface area contributed by atoms with E-state index in [2.05, 4.69) is 35.3 Å². The molecule has 1 aliphatic heterocycles. The number of ether oxygens (including phenoxy) is 1. The number of nitrogens with zero attached hydrogens (tertiary/aromatic N) is 1. The Hall–Kier alpha value is -1.06. The van der Waals surface area contributed by atoms with Crippen molar-refractivity contribution in [3.8, 4) is 0 Å². The molecule has 2 rings (SSSR count). The van der Waals surface area contributed by atoms with E-state index in [1.54, 1.807) is 7.11 Å². The summed E-state index contributed by atoms with van der Waals surface area (Å²) in [5.41, 5.74) is 4.35. The van der Waals surface area contributed by atoms with Crippen molar-refractivity contribution in [1.82, 2.24) is 5.32 Å². The highest BCUT2D eigenvalue weighted by molar-refractivity contribution is 5.56. The molecule has 0 atom stereocenters. The SMILES string of the molecule is CCCN1CCCc2cc(CNCCOC)ccc21. The van der Waals surface area contributed by atoms with E-state index < -0.39 is 0 Å². The number of benzene rings is 1. The van der Waals surface area contributed by atoms with Crippen LogP contribution < -0.4 is 10.2 Å². The van der Waals surface area contributed by atoms with Crippen LogP contribution in [-0.2, 0) is 17.7 Å². The van der Waals surface area contributed by atoms with Gasteiger partial charge in [-0.25, -0.2) is 0 Å². The van der Waals surface area contributed by atoms with E-state index in [9.17, 15) is 0 Å². The summed E-state index contributed by atoms with van der Waals surface area (Å²) in [6.07, 6.45) is 3.73. The quantitative estimate of drug-likeness (QED) is 0.764. The van der Waals surface area contributed by atoms with Crippen LogP contribution >= 0.6 is 0 Å². The van der Waals surface area contributed by atoms with Crippen molar-refractivity contribution in [3.63, 3.8) is 0 Å². The Balaban J connectivity index is 1.98. The molecule has 0 amide bonds. The minimum Gasteiger partial charge on any atom is -0.383 e. The molecule has 1 aliphatic rings. The van der Waals surface area contributed by atoms with Crippen LogP contribution in [0, 0.1) is 0 Å². The summed E-state index contributed by atoms with van der Waals surface area (Å²) in [5, 5.41) is 3.41. The fourth-order valence-corrected chi connectivity index (χ4v) is 2.75. The first kappa shape index (κ1) is 14.4. The van der Waals surface area contributed by atoms with Crippen LogP contribution in [0.3, 0.4) is 0 Å². The summed E-state index contributed by atoms with van der Waals surface area (Å²) in [7, 11) is 1.74. The van der Waals surface area contributed by atoms with Crippen molar-refractivity contribution in [3.05, 3.63) is 29.3 Å². The third kappa shape index (κ3) is 3.95. The van der Waals surface area contributed by atoms with E-state index in [4.69, 9.17) is 4.74 Å². The summed E-state index contributed by atoms with van der Waals surface area (Å²) in [6.45, 7) is 7.27. The zero-order valence-corrected chi connectivity index (χ0v) is 12.2. The standard InChI is InChI=1S/C16H26N2O/c1-3-9-18-10-4-5-15-12-14(6-7-16(15)18)13-17-8-11-19-2/h6-7,12,17H,3-5,8-11,13H2,1-2H3. The summed E-state index contributed by atoms with van der Waals surface area (Å²) >= 11 is 0. The predicted molar refractivity (Wildman–Crippen MR) is 80.8 cm³/mol. The Morgan fingerprint density at radius 1 is 1.37 bits per heavy atom. The topological polar surface area (TPSA) is 24.5 Å². The van der Waals surface area contributed by atoms with Crippen molar-refractivity contribution in [2.24, 2.45) is 0 Å². The summed E-state index contributed by atoms with van der Waals surface area (Å²) in [6, 6.07) is 6.93. The van der Waals surface area contributed by atoms with Gasteiger partial charge in [0.15, 0.2) is 0 Å². The summed E-state index contributed by atoms with van der Waals surface area (Å²) in [4.78, 5) is 2.53. The Kier molecular flexibility index (Phi) is 5.67. The van der Waals surface area contributed by atoms with Crippen LogP contribution in [0.2, 0.25) is 0 Å². The van der Waals surface area contributed by atoms with E-state index >= 15 is 0 Å².